The molecular weight excluding hydrogens is 328 g/mol. The molecule has 4 rings (SSSR count). The number of nitrogens with two attached hydrogens (primary N) is 1. The average Bonchev–Trinajstić information content (AvgIpc) is 2.68. The number of anilines is 2. The minimum absolute atomic E-state index is 0.0510. The number of nitrogens with zero attached hydrogens (tertiary/aromatic N) is 4. The molecule has 0 fully saturated rings. The van der Waals surface area contributed by atoms with Gasteiger partial charge in [-0.05, 0) is 17.7 Å². The van der Waals surface area contributed by atoms with E-state index in [1.54, 1.807) is 23.5 Å². The van der Waals surface area contributed by atoms with E-state index in [1.165, 1.54) is 0 Å². The Morgan fingerprint density at radius 3 is 2.73 bits per heavy atom. The third-order valence-corrected chi connectivity index (χ3v) is 4.42. The first kappa shape index (κ1) is 16.0. The van der Waals surface area contributed by atoms with Crippen LogP contribution >= 0.6 is 0 Å². The number of fused-ring (bicyclic) bond motifs is 1. The van der Waals surface area contributed by atoms with Gasteiger partial charge in [0.05, 0.1) is 24.1 Å². The number of carbonyl (C=O) groups excluding carboxylic acids is 1. The van der Waals surface area contributed by atoms with Crippen molar-refractivity contribution in [3.63, 3.8) is 0 Å². The predicted molar refractivity (Wildman–Crippen MR) is 97.8 cm³/mol. The Bertz CT molecular complexity index is 916. The van der Waals surface area contributed by atoms with Crippen LogP contribution in [0.4, 0.5) is 16.4 Å². The van der Waals surface area contributed by atoms with Gasteiger partial charge in [-0.1, -0.05) is 30.3 Å². The fourth-order valence-corrected chi connectivity index (χ4v) is 3.16. The topological polar surface area (TPSA) is 97.0 Å². The molecular formula is C19H18N6O. The number of rotatable bonds is 3. The fraction of sp³-hybridized carbons (Fsp3) is 0.158. The lowest BCUT2D eigenvalue weighted by atomic mass is 9.89. The Hall–Kier alpha value is -3.48. The van der Waals surface area contributed by atoms with Gasteiger partial charge >= 0.3 is 6.03 Å². The summed E-state index contributed by atoms with van der Waals surface area (Å²) in [6.07, 6.45) is 5.18. The number of benzene rings is 1. The molecule has 0 aliphatic carbocycles. The van der Waals surface area contributed by atoms with Crippen LogP contribution in [0.3, 0.4) is 0 Å². The first-order valence-corrected chi connectivity index (χ1v) is 8.33. The fourth-order valence-electron chi connectivity index (χ4n) is 3.16. The number of carbonyl (C=O) groups is 1. The summed E-state index contributed by atoms with van der Waals surface area (Å²) in [5.41, 5.74) is 9.25. The first-order valence-electron chi connectivity index (χ1n) is 8.33. The quantitative estimate of drug-likeness (QED) is 0.760. The van der Waals surface area contributed by atoms with E-state index in [9.17, 15) is 4.79 Å². The second-order valence-electron chi connectivity index (χ2n) is 6.15. The van der Waals surface area contributed by atoms with E-state index < -0.39 is 6.03 Å². The van der Waals surface area contributed by atoms with Gasteiger partial charge in [0.25, 0.3) is 0 Å². The van der Waals surface area contributed by atoms with Crippen molar-refractivity contribution in [3.05, 3.63) is 77.9 Å². The van der Waals surface area contributed by atoms with E-state index >= 15 is 0 Å². The zero-order valence-electron chi connectivity index (χ0n) is 14.0. The summed E-state index contributed by atoms with van der Waals surface area (Å²) < 4.78 is 0. The highest BCUT2D eigenvalue weighted by Crippen LogP contribution is 2.32. The minimum atomic E-state index is -0.436. The molecule has 0 saturated carbocycles. The van der Waals surface area contributed by atoms with Crippen molar-refractivity contribution >= 4 is 17.7 Å². The number of aromatic nitrogens is 3. The molecule has 1 aliphatic rings. The van der Waals surface area contributed by atoms with Gasteiger partial charge in [-0.2, -0.15) is 0 Å². The molecule has 2 aromatic heterocycles. The van der Waals surface area contributed by atoms with Gasteiger partial charge in [0, 0.05) is 30.4 Å². The third kappa shape index (κ3) is 3.19. The maximum Gasteiger partial charge on any atom is 0.315 e. The molecule has 130 valence electrons. The molecule has 1 aliphatic heterocycles. The second-order valence-corrected chi connectivity index (χ2v) is 6.15. The molecule has 1 atom stereocenters. The molecule has 3 N–H and O–H groups in total. The molecule has 3 heterocycles. The molecule has 2 amide bonds. The van der Waals surface area contributed by atoms with Crippen molar-refractivity contribution in [2.24, 2.45) is 5.73 Å². The van der Waals surface area contributed by atoms with Crippen molar-refractivity contribution in [1.82, 2.24) is 19.9 Å². The zero-order valence-corrected chi connectivity index (χ0v) is 14.0. The Morgan fingerprint density at radius 1 is 1.15 bits per heavy atom. The zero-order chi connectivity index (χ0) is 17.9. The van der Waals surface area contributed by atoms with E-state index in [0.717, 1.165) is 22.5 Å². The van der Waals surface area contributed by atoms with Gasteiger partial charge in [-0.25, -0.2) is 14.8 Å². The monoisotopic (exact) mass is 346 g/mol. The first-order chi connectivity index (χ1) is 12.7. The normalized spacial score (nSPS) is 16.0. The third-order valence-electron chi connectivity index (χ3n) is 4.42. The number of pyridine rings is 1. The van der Waals surface area contributed by atoms with Crippen LogP contribution in [0.5, 0.6) is 0 Å². The van der Waals surface area contributed by atoms with Crippen molar-refractivity contribution in [1.29, 1.82) is 0 Å². The Labute approximate surface area is 150 Å². The molecule has 7 heteroatoms. The van der Waals surface area contributed by atoms with Crippen LogP contribution in [0.15, 0.2) is 61.1 Å². The van der Waals surface area contributed by atoms with E-state index in [4.69, 9.17) is 10.7 Å². The summed E-state index contributed by atoms with van der Waals surface area (Å²) in [4.78, 5) is 26.6. The summed E-state index contributed by atoms with van der Waals surface area (Å²) in [7, 11) is 0. The Balaban J connectivity index is 1.72. The maximum absolute atomic E-state index is 11.7. The SMILES string of the molecule is NC(=O)N1Cc2cnc(Nc3cccnc3)nc2[C@@H](c2ccccc2)C1. The number of nitrogens with one attached hydrogen (secondary N) is 1. The largest absolute Gasteiger partial charge is 0.351 e. The lowest BCUT2D eigenvalue weighted by Gasteiger charge is -2.33. The standard InChI is InChI=1S/C19H18N6O/c20-18(26)25-11-14-9-22-19(23-15-7-4-8-21-10-15)24-17(14)16(12-25)13-5-2-1-3-6-13/h1-10,16H,11-12H2,(H2,20,26)(H,22,23,24)/t16-/m1/s1. The van der Waals surface area contributed by atoms with Crippen LogP contribution in [0.1, 0.15) is 22.7 Å². The average molecular weight is 346 g/mol. The van der Waals surface area contributed by atoms with Crippen LogP contribution in [0, 0.1) is 0 Å². The van der Waals surface area contributed by atoms with Gasteiger partial charge < -0.3 is 16.0 Å². The number of hydrogen-bond acceptors (Lipinski definition) is 5. The molecule has 0 spiro atoms. The Kier molecular flexibility index (Phi) is 4.18. The molecule has 1 aromatic carbocycles. The highest BCUT2D eigenvalue weighted by molar-refractivity contribution is 5.72. The summed E-state index contributed by atoms with van der Waals surface area (Å²) in [5, 5.41) is 3.17. The van der Waals surface area contributed by atoms with Gasteiger partial charge in [-0.3, -0.25) is 4.98 Å². The molecule has 7 nitrogen and oxygen atoms in total. The maximum atomic E-state index is 11.7. The number of primary amides is 1. The molecule has 0 bridgehead atoms. The van der Waals surface area contributed by atoms with Gasteiger partial charge in [-0.15, -0.1) is 0 Å². The molecule has 26 heavy (non-hydrogen) atoms. The second kappa shape index (κ2) is 6.79. The smallest absolute Gasteiger partial charge is 0.315 e. The molecule has 0 radical (unpaired) electrons. The van der Waals surface area contributed by atoms with Crippen molar-refractivity contribution in [2.75, 3.05) is 11.9 Å². The number of hydrogen-bond donors (Lipinski definition) is 2. The Morgan fingerprint density at radius 2 is 2.00 bits per heavy atom. The summed E-state index contributed by atoms with van der Waals surface area (Å²) in [6, 6.07) is 13.3. The van der Waals surface area contributed by atoms with Gasteiger partial charge in [0.2, 0.25) is 5.95 Å². The summed E-state index contributed by atoms with van der Waals surface area (Å²) in [5.74, 6) is 0.454. The molecule has 0 unspecified atom stereocenters. The van der Waals surface area contributed by atoms with Crippen LogP contribution < -0.4 is 11.1 Å². The highest BCUT2D eigenvalue weighted by Gasteiger charge is 2.30. The molecule has 0 saturated heterocycles. The van der Waals surface area contributed by atoms with Crippen LogP contribution in [0.2, 0.25) is 0 Å². The number of urea groups is 1. The summed E-state index contributed by atoms with van der Waals surface area (Å²) >= 11 is 0. The van der Waals surface area contributed by atoms with Crippen LogP contribution in [0.25, 0.3) is 0 Å². The minimum Gasteiger partial charge on any atom is -0.351 e. The van der Waals surface area contributed by atoms with Crippen LogP contribution in [-0.4, -0.2) is 32.4 Å². The van der Waals surface area contributed by atoms with Crippen molar-refractivity contribution < 1.29 is 4.79 Å². The van der Waals surface area contributed by atoms with E-state index in [0.29, 0.717) is 19.0 Å². The lowest BCUT2D eigenvalue weighted by Crippen LogP contribution is -2.42. The van der Waals surface area contributed by atoms with E-state index in [1.807, 2.05) is 42.5 Å². The number of amides is 2. The lowest BCUT2D eigenvalue weighted by molar-refractivity contribution is 0.198. The van der Waals surface area contributed by atoms with Crippen molar-refractivity contribution in [3.8, 4) is 0 Å². The van der Waals surface area contributed by atoms with Gasteiger partial charge in [0.15, 0.2) is 0 Å². The van der Waals surface area contributed by atoms with E-state index in [2.05, 4.69) is 15.3 Å². The van der Waals surface area contributed by atoms with Crippen molar-refractivity contribution in [2.45, 2.75) is 12.5 Å². The predicted octanol–water partition coefficient (Wildman–Crippen LogP) is 2.64. The van der Waals surface area contributed by atoms with Crippen LogP contribution in [-0.2, 0) is 6.54 Å². The summed E-state index contributed by atoms with van der Waals surface area (Å²) in [6.45, 7) is 0.914. The van der Waals surface area contributed by atoms with E-state index in [-0.39, 0.29) is 5.92 Å². The van der Waals surface area contributed by atoms with Gasteiger partial charge in [0.1, 0.15) is 0 Å². The highest BCUT2D eigenvalue weighted by atomic mass is 16.2. The molecule has 3 aromatic rings.